The average molecular weight is 744 g/mol. The van der Waals surface area contributed by atoms with E-state index in [1.54, 1.807) is 0 Å². The van der Waals surface area contributed by atoms with Gasteiger partial charge in [0.1, 0.15) is 51.7 Å². The molecule has 264 valence electrons. The largest absolute Gasteiger partial charge is 0.422 e. The normalized spacial score (nSPS) is 17.6. The highest BCUT2D eigenvalue weighted by atomic mass is 19.4. The molecule has 24 heteroatoms. The molecule has 48 heavy (non-hydrogen) atoms. The average Bonchev–Trinajstić information content (AvgIpc) is 3.32. The van der Waals surface area contributed by atoms with Gasteiger partial charge in [-0.3, -0.25) is 0 Å². The van der Waals surface area contributed by atoms with Crippen molar-refractivity contribution in [3.63, 3.8) is 0 Å². The Bertz CT molecular complexity index is 1730. The molecule has 0 aliphatic heterocycles. The molecular formula is C24F24. The molecule has 0 atom stereocenters. The van der Waals surface area contributed by atoms with Crippen molar-refractivity contribution < 1.29 is 105 Å². The highest BCUT2D eigenvalue weighted by molar-refractivity contribution is 5.93. The summed E-state index contributed by atoms with van der Waals surface area (Å²) in [6.45, 7) is 0. The van der Waals surface area contributed by atoms with Crippen molar-refractivity contribution in [1.29, 1.82) is 0 Å². The molecule has 0 amide bonds. The lowest BCUT2D eigenvalue weighted by molar-refractivity contribution is -0.174. The van der Waals surface area contributed by atoms with Gasteiger partial charge in [-0.05, 0) is 0 Å². The summed E-state index contributed by atoms with van der Waals surface area (Å²) >= 11 is 0. The van der Waals surface area contributed by atoms with Gasteiger partial charge in [0.05, 0.1) is 16.7 Å². The van der Waals surface area contributed by atoms with Gasteiger partial charge in [0.15, 0.2) is 0 Å². The molecule has 0 bridgehead atoms. The highest BCUT2D eigenvalue weighted by Gasteiger charge is 2.58. The summed E-state index contributed by atoms with van der Waals surface area (Å²) < 4.78 is 334. The van der Waals surface area contributed by atoms with Crippen LogP contribution in [0, 0.1) is 0 Å². The molecule has 0 heterocycles. The van der Waals surface area contributed by atoms with Crippen molar-refractivity contribution in [2.75, 3.05) is 0 Å². The minimum atomic E-state index is -6.99. The number of halogens is 24. The molecule has 3 aliphatic rings. The molecule has 0 unspecified atom stereocenters. The van der Waals surface area contributed by atoms with Crippen molar-refractivity contribution >= 4 is 35.0 Å². The Hall–Kier alpha value is -4.02. The first-order valence-corrected chi connectivity index (χ1v) is 11.3. The predicted octanol–water partition coefficient (Wildman–Crippen LogP) is 6.46. The topological polar surface area (TPSA) is 0 Å². The minimum absolute atomic E-state index is 2.86. The fraction of sp³-hybridized carbons (Fsp3) is 0.250. The summed E-state index contributed by atoms with van der Waals surface area (Å²) in [5, 5.41) is -17.2. The third-order valence-electron chi connectivity index (χ3n) is 6.58. The predicted molar refractivity (Wildman–Crippen MR) is 109 cm³/mol. The van der Waals surface area contributed by atoms with Crippen LogP contribution in [0.3, 0.4) is 0 Å². The fourth-order valence-corrected chi connectivity index (χ4v) is 5.10. The van der Waals surface area contributed by atoms with Crippen LogP contribution in [-0.4, -0.2) is 37.1 Å². The SMILES string of the molecule is FC1=c2c3c(c4c(c2=C(F)C1=C(C(F)(F)F)C(F)(F)F)=C(F)C(=C(C(F)(F)F)C(F)(F)F)C=4F)=C(F)C(=C(C(F)(F)F)C(F)(F)F)C=3F. The maximum Gasteiger partial charge on any atom is 0.422 e. The third kappa shape index (κ3) is 5.24. The Kier molecular flexibility index (Phi) is 7.86. The Labute approximate surface area is 243 Å². The van der Waals surface area contributed by atoms with E-state index in [0.29, 0.717) is 0 Å². The van der Waals surface area contributed by atoms with Gasteiger partial charge in [-0.25, -0.2) is 26.3 Å². The summed E-state index contributed by atoms with van der Waals surface area (Å²) in [5.41, 5.74) is -23.6. The van der Waals surface area contributed by atoms with Gasteiger partial charge in [-0.2, -0.15) is 79.0 Å². The smallest absolute Gasteiger partial charge is 0.206 e. The number of benzene rings is 1. The zero-order chi connectivity index (χ0) is 37.4. The fourth-order valence-electron chi connectivity index (χ4n) is 5.10. The quantitative estimate of drug-likeness (QED) is 0.268. The van der Waals surface area contributed by atoms with Crippen LogP contribution >= 0.6 is 0 Å². The van der Waals surface area contributed by atoms with E-state index in [-0.39, 0.29) is 0 Å². The molecule has 1 aromatic rings. The second-order valence-corrected chi connectivity index (χ2v) is 9.37. The number of hydrogen-bond acceptors (Lipinski definition) is 0. The summed E-state index contributed by atoms with van der Waals surface area (Å²) in [4.78, 5) is 0. The number of hydrogen-bond donors (Lipinski definition) is 0. The lowest BCUT2D eigenvalue weighted by Crippen LogP contribution is -2.64. The van der Waals surface area contributed by atoms with E-state index in [0.717, 1.165) is 0 Å². The monoisotopic (exact) mass is 744 g/mol. The molecule has 0 saturated heterocycles. The minimum Gasteiger partial charge on any atom is -0.206 e. The lowest BCUT2D eigenvalue weighted by atomic mass is 10.1. The standard InChI is InChI=1S/C24F24/c25-10-1-2(11(26)7(10)16(19(31,32)33)20(34,35)36)4-6(15(30)9(14(4)29)18(23(43,44)45)24(46,47)48)5-3(1)12(27)8(13(5)28)17(21(37,38)39)22(40,41)42. The number of alkyl halides is 18. The summed E-state index contributed by atoms with van der Waals surface area (Å²) in [5.74, 6) is -21.3. The van der Waals surface area contributed by atoms with E-state index in [2.05, 4.69) is 0 Å². The van der Waals surface area contributed by atoms with E-state index in [1.807, 2.05) is 0 Å². The van der Waals surface area contributed by atoms with Gasteiger partial charge in [0.25, 0.3) is 0 Å². The Morgan fingerprint density at radius 1 is 0.229 bits per heavy atom. The molecular weight excluding hydrogens is 744 g/mol. The van der Waals surface area contributed by atoms with Gasteiger partial charge < -0.3 is 0 Å². The van der Waals surface area contributed by atoms with E-state index >= 15 is 26.3 Å². The first-order valence-electron chi connectivity index (χ1n) is 11.3. The number of fused-ring (bicyclic) bond motifs is 6. The second-order valence-electron chi connectivity index (χ2n) is 9.37. The Morgan fingerprint density at radius 2 is 0.333 bits per heavy atom. The Morgan fingerprint density at radius 3 is 0.417 bits per heavy atom. The van der Waals surface area contributed by atoms with Crippen LogP contribution in [0.2, 0.25) is 0 Å². The maximum atomic E-state index is 15.4. The number of allylic oxidation sites excluding steroid dienone is 6. The van der Waals surface area contributed by atoms with E-state index < -0.39 is 137 Å². The molecule has 1 aromatic carbocycles. The first kappa shape index (κ1) is 36.8. The van der Waals surface area contributed by atoms with Crippen LogP contribution in [0.4, 0.5) is 105 Å². The zero-order valence-electron chi connectivity index (χ0n) is 21.1. The van der Waals surface area contributed by atoms with E-state index in [4.69, 9.17) is 0 Å². The van der Waals surface area contributed by atoms with Gasteiger partial charge in [0, 0.05) is 31.3 Å². The number of rotatable bonds is 0. The van der Waals surface area contributed by atoms with Crippen molar-refractivity contribution in [3.05, 3.63) is 64.8 Å². The molecule has 0 aromatic heterocycles. The summed E-state index contributed by atoms with van der Waals surface area (Å²) in [6, 6.07) is 0. The summed E-state index contributed by atoms with van der Waals surface area (Å²) in [6.07, 6.45) is -42.0. The van der Waals surface area contributed by atoms with Gasteiger partial charge >= 0.3 is 37.1 Å². The van der Waals surface area contributed by atoms with Crippen molar-refractivity contribution in [3.8, 4) is 0 Å². The second kappa shape index (κ2) is 10.2. The van der Waals surface area contributed by atoms with Crippen LogP contribution in [0.5, 0.6) is 0 Å². The van der Waals surface area contributed by atoms with Gasteiger partial charge in [0.2, 0.25) is 0 Å². The van der Waals surface area contributed by atoms with Crippen molar-refractivity contribution in [1.82, 2.24) is 0 Å². The van der Waals surface area contributed by atoms with Crippen LogP contribution < -0.4 is 31.3 Å². The van der Waals surface area contributed by atoms with Crippen molar-refractivity contribution in [2.24, 2.45) is 0 Å². The maximum absolute atomic E-state index is 15.4. The van der Waals surface area contributed by atoms with Gasteiger partial charge in [-0.15, -0.1) is 0 Å². The molecule has 3 aliphatic carbocycles. The molecule has 0 N–H and O–H groups in total. The van der Waals surface area contributed by atoms with Gasteiger partial charge in [-0.1, -0.05) is 0 Å². The van der Waals surface area contributed by atoms with Crippen molar-refractivity contribution in [2.45, 2.75) is 37.1 Å². The van der Waals surface area contributed by atoms with Crippen LogP contribution in [-0.2, 0) is 0 Å². The van der Waals surface area contributed by atoms with Crippen LogP contribution in [0.15, 0.2) is 33.4 Å². The first-order chi connectivity index (χ1) is 21.2. The molecule has 0 nitrogen and oxygen atoms in total. The molecule has 0 spiro atoms. The molecule has 0 radical (unpaired) electrons. The third-order valence-corrected chi connectivity index (χ3v) is 6.58. The molecule has 0 fully saturated rings. The van der Waals surface area contributed by atoms with Crippen LogP contribution in [0.1, 0.15) is 0 Å². The summed E-state index contributed by atoms with van der Waals surface area (Å²) in [7, 11) is 0. The molecule has 0 saturated carbocycles. The lowest BCUT2D eigenvalue weighted by Gasteiger charge is -2.17. The zero-order valence-corrected chi connectivity index (χ0v) is 21.1. The Balaban J connectivity index is 2.68. The van der Waals surface area contributed by atoms with E-state index in [9.17, 15) is 79.0 Å². The highest BCUT2D eigenvalue weighted by Crippen LogP contribution is 2.48. The van der Waals surface area contributed by atoms with E-state index in [1.165, 1.54) is 0 Å². The van der Waals surface area contributed by atoms with Crippen LogP contribution in [0.25, 0.3) is 35.0 Å². The molecule has 4 rings (SSSR count).